The summed E-state index contributed by atoms with van der Waals surface area (Å²) in [5.41, 5.74) is 21.6. The Kier molecular flexibility index (Phi) is 13.0. The zero-order valence-corrected chi connectivity index (χ0v) is 42.4. The fourth-order valence-electron chi connectivity index (χ4n) is 10.8. The van der Waals surface area contributed by atoms with Gasteiger partial charge in [-0.05, 0) is 105 Å². The lowest BCUT2D eigenvalue weighted by atomic mass is 9.80. The van der Waals surface area contributed by atoms with E-state index in [9.17, 15) is 28.8 Å². The molecule has 372 valence electrons. The van der Waals surface area contributed by atoms with Gasteiger partial charge in [0.05, 0.1) is 86.7 Å². The molecule has 20 nitrogen and oxygen atoms in total. The van der Waals surface area contributed by atoms with E-state index >= 15 is 0 Å². The highest BCUT2D eigenvalue weighted by atomic mass is 79.9. The number of fused-ring (bicyclic) bond motifs is 4. The van der Waals surface area contributed by atoms with Crippen LogP contribution in [0.2, 0.25) is 5.15 Å². The lowest BCUT2D eigenvalue weighted by Crippen LogP contribution is -2.37. The van der Waals surface area contributed by atoms with E-state index in [0.29, 0.717) is 79.1 Å². The molecule has 8 aromatic rings. The number of benzene rings is 2. The first-order valence-electron chi connectivity index (χ1n) is 22.4. The standard InChI is InChI=1S/C23H21BrClN5O3.C23H23BrN6O3.CH4O3S/c2*24-14-5-11-1-2-12(6-15(11)29-21(14)26)17-8-23(9-33-17)7-16(18(31)19(23)32)30-4-3-13-20(25)27-10-28-22(13)30;1-5(2,3)4/h1-6,10,16-19,31-32H,7-9H2,(H2,26,29);1-6,10,16-19,31-32H,7-9H2,(H2,26,29)(H2,25,27,28);1H3,(H,2,3,4)/t2*16-,17?,18+,19+,23-;/m11./s1. The Morgan fingerprint density at radius 3 is 1.56 bits per heavy atom. The second-order valence-corrected chi connectivity index (χ2v) is 22.4. The summed E-state index contributed by atoms with van der Waals surface area (Å²) in [6, 6.07) is 18.9. The number of hydrogen-bond donors (Lipinski definition) is 8. The van der Waals surface area contributed by atoms with E-state index in [0.717, 1.165) is 52.7 Å². The van der Waals surface area contributed by atoms with Gasteiger partial charge in [-0.1, -0.05) is 35.9 Å². The Balaban J connectivity index is 0.000000150. The van der Waals surface area contributed by atoms with Crippen LogP contribution >= 0.6 is 43.5 Å². The van der Waals surface area contributed by atoms with Crippen molar-refractivity contribution in [2.45, 2.75) is 74.4 Å². The average molecular weight is 1140 g/mol. The molecular weight excluding hydrogens is 1090 g/mol. The summed E-state index contributed by atoms with van der Waals surface area (Å²) in [6.07, 6.45) is 5.36. The summed E-state index contributed by atoms with van der Waals surface area (Å²) in [5, 5.41) is 48.0. The van der Waals surface area contributed by atoms with E-state index in [1.807, 2.05) is 82.2 Å². The number of aliphatic hydroxyl groups is 4. The van der Waals surface area contributed by atoms with Crippen LogP contribution in [0.15, 0.2) is 94.7 Å². The number of hydrogen-bond acceptors (Lipinski definition) is 17. The summed E-state index contributed by atoms with van der Waals surface area (Å²) in [6.45, 7) is 0.714. The van der Waals surface area contributed by atoms with Gasteiger partial charge >= 0.3 is 0 Å². The molecule has 2 aliphatic heterocycles. The highest BCUT2D eigenvalue weighted by Gasteiger charge is 2.58. The summed E-state index contributed by atoms with van der Waals surface area (Å²) >= 11 is 13.0. The maximum atomic E-state index is 11.1. The van der Waals surface area contributed by atoms with Crippen LogP contribution in [0, 0.1) is 10.8 Å². The second-order valence-electron chi connectivity index (χ2n) is 18.8. The molecule has 2 saturated heterocycles. The van der Waals surface area contributed by atoms with E-state index in [1.165, 1.54) is 12.7 Å². The van der Waals surface area contributed by atoms with Gasteiger partial charge < -0.3 is 56.2 Å². The van der Waals surface area contributed by atoms with E-state index < -0.39 is 45.4 Å². The van der Waals surface area contributed by atoms with Crippen molar-refractivity contribution in [1.82, 2.24) is 39.0 Å². The van der Waals surface area contributed by atoms with Gasteiger partial charge in [-0.15, -0.1) is 0 Å². The number of pyridine rings is 2. The van der Waals surface area contributed by atoms with E-state index in [4.69, 9.17) is 42.8 Å². The molecule has 4 aliphatic rings. The minimum absolute atomic E-state index is 0.207. The first-order valence-corrected chi connectivity index (χ1v) is 26.2. The number of anilines is 3. The minimum Gasteiger partial charge on any atom is -0.390 e. The summed E-state index contributed by atoms with van der Waals surface area (Å²) < 4.78 is 43.5. The molecule has 2 saturated carbocycles. The number of halogens is 3. The first kappa shape index (κ1) is 49.4. The highest BCUT2D eigenvalue weighted by Crippen LogP contribution is 2.56. The van der Waals surface area contributed by atoms with E-state index in [2.05, 4.69) is 61.8 Å². The zero-order chi connectivity index (χ0) is 50.3. The molecule has 0 bridgehead atoms. The van der Waals surface area contributed by atoms with Crippen molar-refractivity contribution in [2.24, 2.45) is 10.8 Å². The molecule has 2 spiro atoms. The summed E-state index contributed by atoms with van der Waals surface area (Å²) in [7, 11) is -3.67. The molecule has 2 unspecified atom stereocenters. The Labute approximate surface area is 427 Å². The Morgan fingerprint density at radius 2 is 1.08 bits per heavy atom. The van der Waals surface area contributed by atoms with E-state index in [1.54, 1.807) is 0 Å². The lowest BCUT2D eigenvalue weighted by Gasteiger charge is -2.26. The molecule has 11 N–H and O–H groups in total. The van der Waals surface area contributed by atoms with Crippen LogP contribution in [0.3, 0.4) is 0 Å². The number of aromatic nitrogens is 8. The predicted molar refractivity (Wildman–Crippen MR) is 272 cm³/mol. The first-order chi connectivity index (χ1) is 33.7. The molecule has 10 atom stereocenters. The van der Waals surface area contributed by atoms with Crippen LogP contribution in [0.1, 0.15) is 61.1 Å². The van der Waals surface area contributed by atoms with Gasteiger partial charge in [0.2, 0.25) is 0 Å². The van der Waals surface area contributed by atoms with Gasteiger partial charge in [0, 0.05) is 34.0 Å². The maximum Gasteiger partial charge on any atom is 0.261 e. The number of nitrogen functional groups attached to an aromatic ring is 3. The third kappa shape index (κ3) is 9.19. The second kappa shape index (κ2) is 18.7. The van der Waals surface area contributed by atoms with Crippen LogP contribution in [-0.4, -0.2) is 116 Å². The monoisotopic (exact) mass is 1140 g/mol. The third-order valence-electron chi connectivity index (χ3n) is 14.4. The third-order valence-corrected chi connectivity index (χ3v) is 15.9. The van der Waals surface area contributed by atoms with Gasteiger partial charge in [0.1, 0.15) is 58.8 Å². The topological polar surface area (TPSA) is 319 Å². The van der Waals surface area contributed by atoms with Crippen LogP contribution in [0.5, 0.6) is 0 Å². The number of nitrogens with two attached hydrogens (primary N) is 3. The average Bonchev–Trinajstić information content (AvgIpc) is 4.20. The van der Waals surface area contributed by atoms with Crippen molar-refractivity contribution in [3.05, 3.63) is 111 Å². The number of rotatable bonds is 4. The number of nitrogens with zero attached hydrogens (tertiary/aromatic N) is 8. The summed E-state index contributed by atoms with van der Waals surface area (Å²) in [4.78, 5) is 25.7. The molecule has 0 radical (unpaired) electrons. The predicted octanol–water partition coefficient (Wildman–Crippen LogP) is 6.02. The smallest absolute Gasteiger partial charge is 0.261 e. The molecule has 8 heterocycles. The Bertz CT molecular complexity index is 3260. The molecule has 6 aromatic heterocycles. The van der Waals surface area contributed by atoms with Crippen LogP contribution in [-0.2, 0) is 19.6 Å². The maximum absolute atomic E-state index is 11.1. The van der Waals surface area contributed by atoms with Crippen LogP contribution < -0.4 is 17.2 Å². The molecule has 2 aliphatic carbocycles. The molecule has 4 fully saturated rings. The largest absolute Gasteiger partial charge is 0.390 e. The van der Waals surface area contributed by atoms with Crippen molar-refractivity contribution in [2.75, 3.05) is 36.7 Å². The Morgan fingerprint density at radius 1 is 0.648 bits per heavy atom. The van der Waals surface area contributed by atoms with Crippen LogP contribution in [0.25, 0.3) is 43.9 Å². The molecule has 24 heteroatoms. The van der Waals surface area contributed by atoms with Gasteiger partial charge in [-0.3, -0.25) is 4.55 Å². The minimum atomic E-state index is -3.67. The summed E-state index contributed by atoms with van der Waals surface area (Å²) in [5.74, 6) is 1.26. The van der Waals surface area contributed by atoms with Gasteiger partial charge in [0.25, 0.3) is 10.1 Å². The fourth-order valence-corrected chi connectivity index (χ4v) is 11.7. The van der Waals surface area contributed by atoms with Crippen molar-refractivity contribution in [3.63, 3.8) is 0 Å². The molecule has 0 amide bonds. The molecule has 71 heavy (non-hydrogen) atoms. The Hall–Kier alpha value is -5.18. The van der Waals surface area contributed by atoms with Gasteiger partial charge in [-0.25, -0.2) is 29.9 Å². The zero-order valence-electron chi connectivity index (χ0n) is 37.7. The van der Waals surface area contributed by atoms with Gasteiger partial charge in [0.15, 0.2) is 0 Å². The fraction of sp³-hybridized carbons (Fsp3) is 0.362. The molecule has 12 rings (SSSR count). The normalized spacial score (nSPS) is 28.3. The number of ether oxygens (including phenoxy) is 2. The number of aliphatic hydroxyl groups excluding tert-OH is 4. The molecule has 2 aromatic carbocycles. The van der Waals surface area contributed by atoms with Crippen LogP contribution in [0.4, 0.5) is 17.5 Å². The SMILES string of the molecule is CS(=O)(=O)O.Nc1nc2cc(C3C[C@@]4(CO3)C[C@@H](n3ccc5c(Cl)ncnc53)[C@H](O)[C@@H]4O)ccc2cc1Br.Nc1nc2cc(C3C[C@@]4(CO3)C[C@@H](n3ccc5c(N)ncnc53)[C@H](O)[C@@H]4O)ccc2cc1Br. The van der Waals surface area contributed by atoms with Crippen molar-refractivity contribution >= 4 is 115 Å². The van der Waals surface area contributed by atoms with E-state index in [-0.39, 0.29) is 24.3 Å². The van der Waals surface area contributed by atoms with Crippen molar-refractivity contribution < 1.29 is 42.9 Å². The van der Waals surface area contributed by atoms with Gasteiger partial charge in [-0.2, -0.15) is 8.42 Å². The van der Waals surface area contributed by atoms with Crippen molar-refractivity contribution in [1.29, 1.82) is 0 Å². The highest BCUT2D eigenvalue weighted by molar-refractivity contribution is 9.11. The quantitative estimate of drug-likeness (QED) is 0.0738. The lowest BCUT2D eigenvalue weighted by molar-refractivity contribution is -0.0309. The molecular formula is C47H48Br2ClN11O9S. The van der Waals surface area contributed by atoms with Crippen molar-refractivity contribution in [3.8, 4) is 0 Å².